The number of pyridine rings is 1. The lowest BCUT2D eigenvalue weighted by molar-refractivity contribution is 0.0260. The van der Waals surface area contributed by atoms with Crippen LogP contribution in [-0.4, -0.2) is 67.6 Å². The molecule has 2 heterocycles. The molecule has 0 N–H and O–H groups in total. The van der Waals surface area contributed by atoms with Crippen LogP contribution in [0, 0.1) is 0 Å². The minimum Gasteiger partial charge on any atom is -0.497 e. The maximum absolute atomic E-state index is 13.8. The summed E-state index contributed by atoms with van der Waals surface area (Å²) in [5.74, 6) is 1.55. The number of carbonyl (C=O) groups excluding carboxylic acids is 1. The summed E-state index contributed by atoms with van der Waals surface area (Å²) < 4.78 is 45.8. The Hall–Kier alpha value is -3.37. The molecule has 1 fully saturated rings. The number of sulfonamides is 1. The first-order valence-electron chi connectivity index (χ1n) is 11.8. The van der Waals surface area contributed by atoms with Crippen LogP contribution in [0.4, 0.5) is 4.79 Å². The molecule has 0 aliphatic carbocycles. The van der Waals surface area contributed by atoms with Crippen molar-refractivity contribution in [1.82, 2.24) is 14.2 Å². The zero-order chi connectivity index (χ0) is 25.9. The third-order valence-corrected chi connectivity index (χ3v) is 7.66. The van der Waals surface area contributed by atoms with Crippen LogP contribution in [0.25, 0.3) is 10.8 Å². The number of nitrogens with zero attached hydrogens (tertiary/aromatic N) is 3. The summed E-state index contributed by atoms with van der Waals surface area (Å²) in [7, 11) is -2.31. The Morgan fingerprint density at radius 1 is 0.944 bits per heavy atom. The van der Waals surface area contributed by atoms with Gasteiger partial charge in [0.05, 0.1) is 18.2 Å². The molecule has 0 unspecified atom stereocenters. The zero-order valence-corrected chi connectivity index (χ0v) is 21.7. The number of methoxy groups -OCH3 is 1. The number of hydrogen-bond donors (Lipinski definition) is 0. The third kappa shape index (κ3) is 5.71. The lowest BCUT2D eigenvalue weighted by atomic mass is 10.1. The Morgan fingerprint density at radius 3 is 2.36 bits per heavy atom. The van der Waals surface area contributed by atoms with Crippen molar-refractivity contribution in [3.8, 4) is 17.2 Å². The van der Waals surface area contributed by atoms with Crippen LogP contribution < -0.4 is 9.47 Å². The van der Waals surface area contributed by atoms with Gasteiger partial charge in [0.1, 0.15) is 17.1 Å². The fraction of sp³-hybridized carbons (Fsp3) is 0.385. The monoisotopic (exact) mass is 513 g/mol. The highest BCUT2D eigenvalue weighted by Crippen LogP contribution is 2.35. The van der Waals surface area contributed by atoms with Gasteiger partial charge in [-0.2, -0.15) is 4.31 Å². The highest BCUT2D eigenvalue weighted by atomic mass is 32.2. The number of carbonyl (C=O) groups is 1. The Kier molecular flexibility index (Phi) is 7.37. The molecular formula is C26H31N3O6S. The molecule has 36 heavy (non-hydrogen) atoms. The summed E-state index contributed by atoms with van der Waals surface area (Å²) in [4.78, 5) is 18.5. The summed E-state index contributed by atoms with van der Waals surface area (Å²) in [5, 5.41) is 1.10. The minimum absolute atomic E-state index is 0.136. The van der Waals surface area contributed by atoms with Crippen molar-refractivity contribution in [2.45, 2.75) is 37.7 Å². The van der Waals surface area contributed by atoms with Crippen molar-refractivity contribution in [2.75, 3.05) is 33.3 Å². The van der Waals surface area contributed by atoms with Crippen LogP contribution in [0.5, 0.6) is 17.2 Å². The van der Waals surface area contributed by atoms with E-state index in [1.807, 2.05) is 0 Å². The van der Waals surface area contributed by atoms with Gasteiger partial charge in [-0.15, -0.1) is 0 Å². The van der Waals surface area contributed by atoms with Crippen molar-refractivity contribution in [2.24, 2.45) is 0 Å². The molecular weight excluding hydrogens is 482 g/mol. The lowest BCUT2D eigenvalue weighted by Crippen LogP contribution is -2.40. The van der Waals surface area contributed by atoms with Crippen molar-refractivity contribution in [1.29, 1.82) is 0 Å². The van der Waals surface area contributed by atoms with Gasteiger partial charge in [0.15, 0.2) is 5.75 Å². The van der Waals surface area contributed by atoms with Crippen LogP contribution in [-0.2, 0) is 14.8 Å². The van der Waals surface area contributed by atoms with Gasteiger partial charge in [0.2, 0.25) is 10.0 Å². The smallest absolute Gasteiger partial charge is 0.410 e. The van der Waals surface area contributed by atoms with Gasteiger partial charge in [-0.25, -0.2) is 13.2 Å². The van der Waals surface area contributed by atoms with Gasteiger partial charge in [0.25, 0.3) is 0 Å². The van der Waals surface area contributed by atoms with Crippen LogP contribution >= 0.6 is 0 Å². The zero-order valence-electron chi connectivity index (χ0n) is 20.9. The van der Waals surface area contributed by atoms with Crippen LogP contribution in [0.3, 0.4) is 0 Å². The van der Waals surface area contributed by atoms with Crippen molar-refractivity contribution in [3.63, 3.8) is 0 Å². The first-order valence-corrected chi connectivity index (χ1v) is 13.2. The van der Waals surface area contributed by atoms with Crippen molar-refractivity contribution >= 4 is 26.9 Å². The first kappa shape index (κ1) is 25.7. The molecule has 192 valence electrons. The summed E-state index contributed by atoms with van der Waals surface area (Å²) in [6.07, 6.45) is 3.19. The van der Waals surface area contributed by atoms with Gasteiger partial charge in [-0.1, -0.05) is 12.1 Å². The van der Waals surface area contributed by atoms with Crippen molar-refractivity contribution < 1.29 is 27.4 Å². The molecule has 0 saturated carbocycles. The van der Waals surface area contributed by atoms with Crippen LogP contribution in [0.2, 0.25) is 0 Å². The fourth-order valence-corrected chi connectivity index (χ4v) is 5.71. The number of aromatic nitrogens is 1. The van der Waals surface area contributed by atoms with E-state index in [9.17, 15) is 13.2 Å². The number of benzene rings is 2. The fourth-order valence-electron chi connectivity index (χ4n) is 4.01. The van der Waals surface area contributed by atoms with Gasteiger partial charge in [-0.05, 0) is 57.5 Å². The second-order valence-electron chi connectivity index (χ2n) is 9.49. The van der Waals surface area contributed by atoms with E-state index in [1.165, 1.54) is 10.5 Å². The summed E-state index contributed by atoms with van der Waals surface area (Å²) >= 11 is 0. The molecule has 10 heteroatoms. The Morgan fingerprint density at radius 2 is 1.67 bits per heavy atom. The Bertz CT molecular complexity index is 1330. The van der Waals surface area contributed by atoms with Gasteiger partial charge >= 0.3 is 6.09 Å². The summed E-state index contributed by atoms with van der Waals surface area (Å²) in [6.45, 7) is 6.54. The number of hydrogen-bond acceptors (Lipinski definition) is 7. The predicted molar refractivity (Wildman–Crippen MR) is 136 cm³/mol. The SMILES string of the molecule is COc1ccc(Oc2cncc3cccc(S(=O)(=O)N4CCCN(C(=O)OC(C)(C)C)CC4)c23)cc1. The highest BCUT2D eigenvalue weighted by molar-refractivity contribution is 7.89. The van der Waals surface area contributed by atoms with E-state index >= 15 is 0 Å². The number of fused-ring (bicyclic) bond motifs is 1. The number of amides is 1. The maximum atomic E-state index is 13.8. The molecule has 4 rings (SSSR count). The van der Waals surface area contributed by atoms with Crippen molar-refractivity contribution in [3.05, 3.63) is 54.9 Å². The maximum Gasteiger partial charge on any atom is 0.410 e. The second-order valence-corrected chi connectivity index (χ2v) is 11.4. The number of rotatable bonds is 5. The average molecular weight is 514 g/mol. The van der Waals surface area contributed by atoms with Gasteiger partial charge in [0, 0.05) is 43.1 Å². The lowest BCUT2D eigenvalue weighted by Gasteiger charge is -2.26. The number of ether oxygens (including phenoxy) is 3. The molecule has 1 aliphatic rings. The minimum atomic E-state index is -3.89. The topological polar surface area (TPSA) is 98.3 Å². The molecule has 1 amide bonds. The van der Waals surface area contributed by atoms with E-state index in [0.717, 1.165) is 0 Å². The van der Waals surface area contributed by atoms with E-state index in [1.54, 1.807) is 81.4 Å². The first-order chi connectivity index (χ1) is 17.1. The molecule has 1 aromatic heterocycles. The summed E-state index contributed by atoms with van der Waals surface area (Å²) in [5.41, 5.74) is -0.619. The van der Waals surface area contributed by atoms with E-state index < -0.39 is 21.7 Å². The third-order valence-electron chi connectivity index (χ3n) is 5.72. The largest absolute Gasteiger partial charge is 0.497 e. The predicted octanol–water partition coefficient (Wildman–Crippen LogP) is 4.67. The molecule has 3 aromatic rings. The van der Waals surface area contributed by atoms with Gasteiger partial charge < -0.3 is 19.1 Å². The molecule has 0 radical (unpaired) electrons. The highest BCUT2D eigenvalue weighted by Gasteiger charge is 2.31. The van der Waals surface area contributed by atoms with E-state index in [2.05, 4.69) is 4.98 Å². The standard InChI is InChI=1S/C26H31N3O6S/c1-26(2,3)35-25(30)28-13-6-14-29(16-15-28)36(31,32)23-8-5-7-19-17-27-18-22(24(19)23)34-21-11-9-20(33-4)10-12-21/h5,7-12,17-18H,6,13-16H2,1-4H3. The van der Waals surface area contributed by atoms with Crippen LogP contribution in [0.1, 0.15) is 27.2 Å². The van der Waals surface area contributed by atoms with E-state index in [-0.39, 0.29) is 24.5 Å². The molecule has 1 saturated heterocycles. The Labute approximate surface area is 211 Å². The van der Waals surface area contributed by atoms with E-state index in [0.29, 0.717) is 41.0 Å². The normalized spacial score (nSPS) is 15.4. The molecule has 2 aromatic carbocycles. The molecule has 9 nitrogen and oxygen atoms in total. The average Bonchev–Trinajstić information content (AvgIpc) is 3.10. The Balaban J connectivity index is 1.63. The molecule has 1 aliphatic heterocycles. The second kappa shape index (κ2) is 10.3. The van der Waals surface area contributed by atoms with Gasteiger partial charge in [-0.3, -0.25) is 4.98 Å². The summed E-state index contributed by atoms with van der Waals surface area (Å²) in [6, 6.07) is 12.1. The van der Waals surface area contributed by atoms with E-state index in [4.69, 9.17) is 14.2 Å². The molecule has 0 bridgehead atoms. The quantitative estimate of drug-likeness (QED) is 0.489. The molecule has 0 atom stereocenters. The molecule has 0 spiro atoms. The van der Waals surface area contributed by atoms with Crippen LogP contribution in [0.15, 0.2) is 59.8 Å².